The van der Waals surface area contributed by atoms with Gasteiger partial charge in [-0.05, 0) is 35.4 Å². The first-order valence-corrected chi connectivity index (χ1v) is 5.24. The van der Waals surface area contributed by atoms with Crippen molar-refractivity contribution >= 4 is 10.8 Å². The van der Waals surface area contributed by atoms with Crippen LogP contribution >= 0.6 is 0 Å². The molecule has 0 saturated carbocycles. The molecule has 2 aromatic rings. The molecule has 0 aliphatic carbocycles. The monoisotopic (exact) mass is 234 g/mol. The minimum Gasteiger partial charge on any atom is -0.431 e. The van der Waals surface area contributed by atoms with Crippen LogP contribution in [0, 0.1) is 0 Å². The standard InChI is InChI=1S/C13H14O2.2CH4/c1-3-9(2)11-5-4-10-6-7-15-13(14)12(10)8-11;;/h4-9H,3H2,1-2H3;2*1H4. The van der Waals surface area contributed by atoms with Crippen LogP contribution in [-0.2, 0) is 0 Å². The van der Waals surface area contributed by atoms with Crippen LogP contribution in [0.4, 0.5) is 0 Å². The fraction of sp³-hybridized carbons (Fsp3) is 0.400. The highest BCUT2D eigenvalue weighted by molar-refractivity contribution is 5.81. The van der Waals surface area contributed by atoms with Crippen molar-refractivity contribution in [1.29, 1.82) is 0 Å². The molecule has 1 aromatic carbocycles. The van der Waals surface area contributed by atoms with Crippen LogP contribution in [-0.4, -0.2) is 0 Å². The summed E-state index contributed by atoms with van der Waals surface area (Å²) in [4.78, 5) is 11.5. The van der Waals surface area contributed by atoms with Gasteiger partial charge < -0.3 is 4.42 Å². The molecule has 0 aliphatic rings. The van der Waals surface area contributed by atoms with E-state index >= 15 is 0 Å². The minimum absolute atomic E-state index is 0. The van der Waals surface area contributed by atoms with Gasteiger partial charge in [-0.1, -0.05) is 40.8 Å². The van der Waals surface area contributed by atoms with E-state index in [0.29, 0.717) is 11.3 Å². The smallest absolute Gasteiger partial charge is 0.343 e. The summed E-state index contributed by atoms with van der Waals surface area (Å²) in [7, 11) is 0. The zero-order valence-electron chi connectivity index (χ0n) is 8.99. The molecule has 1 heterocycles. The maximum atomic E-state index is 11.5. The molecule has 2 rings (SSSR count). The van der Waals surface area contributed by atoms with E-state index in [1.165, 1.54) is 11.8 Å². The van der Waals surface area contributed by atoms with Gasteiger partial charge in [0.1, 0.15) is 0 Å². The Kier molecular flexibility index (Phi) is 5.66. The Morgan fingerprint density at radius 3 is 2.59 bits per heavy atom. The van der Waals surface area contributed by atoms with Crippen molar-refractivity contribution in [2.45, 2.75) is 41.0 Å². The highest BCUT2D eigenvalue weighted by Gasteiger charge is 2.05. The van der Waals surface area contributed by atoms with Gasteiger partial charge in [-0.2, -0.15) is 0 Å². The molecule has 0 saturated heterocycles. The maximum absolute atomic E-state index is 11.5. The SMILES string of the molecule is C.C.CCC(C)c1ccc2ccoc(=O)c2c1. The summed E-state index contributed by atoms with van der Waals surface area (Å²) in [6.07, 6.45) is 2.51. The lowest BCUT2D eigenvalue weighted by Gasteiger charge is -2.08. The lowest BCUT2D eigenvalue weighted by Crippen LogP contribution is -2.00. The molecular formula is C15H22O2. The predicted octanol–water partition coefficient (Wildman–Crippen LogP) is 4.58. The molecule has 0 spiro atoms. The molecule has 0 amide bonds. The summed E-state index contributed by atoms with van der Waals surface area (Å²) in [5.41, 5.74) is 0.946. The van der Waals surface area contributed by atoms with Gasteiger partial charge in [0.05, 0.1) is 11.6 Å². The first-order chi connectivity index (χ1) is 7.22. The van der Waals surface area contributed by atoms with Gasteiger partial charge >= 0.3 is 5.63 Å². The second-order valence-electron chi connectivity index (χ2n) is 3.86. The van der Waals surface area contributed by atoms with Crippen molar-refractivity contribution in [3.8, 4) is 0 Å². The summed E-state index contributed by atoms with van der Waals surface area (Å²) in [6, 6.07) is 7.82. The van der Waals surface area contributed by atoms with E-state index in [1.54, 1.807) is 0 Å². The van der Waals surface area contributed by atoms with Crippen LogP contribution in [0.3, 0.4) is 0 Å². The Hall–Kier alpha value is -1.57. The van der Waals surface area contributed by atoms with E-state index in [4.69, 9.17) is 4.42 Å². The molecule has 17 heavy (non-hydrogen) atoms. The molecule has 0 aliphatic heterocycles. The fourth-order valence-electron chi connectivity index (χ4n) is 1.67. The Bertz CT molecular complexity index is 526. The summed E-state index contributed by atoms with van der Waals surface area (Å²) >= 11 is 0. The first kappa shape index (κ1) is 15.4. The number of fused-ring (bicyclic) bond motifs is 1. The molecular weight excluding hydrogens is 212 g/mol. The van der Waals surface area contributed by atoms with E-state index in [1.807, 2.05) is 18.2 Å². The van der Waals surface area contributed by atoms with Crippen LogP contribution in [0.1, 0.15) is 46.6 Å². The van der Waals surface area contributed by atoms with Crippen LogP contribution in [0.15, 0.2) is 39.7 Å². The lowest BCUT2D eigenvalue weighted by molar-refractivity contribution is 0.519. The quantitative estimate of drug-likeness (QED) is 0.761. The predicted molar refractivity (Wildman–Crippen MR) is 74.7 cm³/mol. The van der Waals surface area contributed by atoms with Gasteiger partial charge in [-0.25, -0.2) is 4.79 Å². The summed E-state index contributed by atoms with van der Waals surface area (Å²) in [6.45, 7) is 4.30. The fourth-order valence-corrected chi connectivity index (χ4v) is 1.67. The molecule has 1 aromatic heterocycles. The normalized spacial score (nSPS) is 11.4. The third-order valence-corrected chi connectivity index (χ3v) is 2.90. The number of hydrogen-bond acceptors (Lipinski definition) is 2. The molecule has 94 valence electrons. The molecule has 2 nitrogen and oxygen atoms in total. The highest BCUT2D eigenvalue weighted by Crippen LogP contribution is 2.21. The van der Waals surface area contributed by atoms with Crippen molar-refractivity contribution in [1.82, 2.24) is 0 Å². The Morgan fingerprint density at radius 1 is 1.24 bits per heavy atom. The van der Waals surface area contributed by atoms with Crippen molar-refractivity contribution in [3.63, 3.8) is 0 Å². The minimum atomic E-state index is -0.252. The number of rotatable bonds is 2. The van der Waals surface area contributed by atoms with Crippen molar-refractivity contribution in [2.24, 2.45) is 0 Å². The van der Waals surface area contributed by atoms with Crippen molar-refractivity contribution < 1.29 is 4.42 Å². The van der Waals surface area contributed by atoms with E-state index in [2.05, 4.69) is 19.9 Å². The first-order valence-electron chi connectivity index (χ1n) is 5.24. The van der Waals surface area contributed by atoms with Gasteiger partial charge in [0.15, 0.2) is 0 Å². The van der Waals surface area contributed by atoms with Crippen molar-refractivity contribution in [3.05, 3.63) is 46.5 Å². The third kappa shape index (κ3) is 2.96. The van der Waals surface area contributed by atoms with Crippen molar-refractivity contribution in [2.75, 3.05) is 0 Å². The third-order valence-electron chi connectivity index (χ3n) is 2.90. The Morgan fingerprint density at radius 2 is 1.94 bits per heavy atom. The second-order valence-corrected chi connectivity index (χ2v) is 3.86. The van der Waals surface area contributed by atoms with Crippen LogP contribution < -0.4 is 5.63 Å². The molecule has 0 fully saturated rings. The average Bonchev–Trinajstić information content (AvgIpc) is 2.28. The average molecular weight is 234 g/mol. The number of hydrogen-bond donors (Lipinski definition) is 0. The van der Waals surface area contributed by atoms with Gasteiger partial charge in [-0.3, -0.25) is 0 Å². The zero-order chi connectivity index (χ0) is 10.8. The summed E-state index contributed by atoms with van der Waals surface area (Å²) in [5, 5.41) is 1.62. The van der Waals surface area contributed by atoms with Gasteiger partial charge in [0, 0.05) is 0 Å². The van der Waals surface area contributed by atoms with Crippen LogP contribution in [0.2, 0.25) is 0 Å². The number of benzene rings is 1. The maximum Gasteiger partial charge on any atom is 0.343 e. The van der Waals surface area contributed by atoms with Gasteiger partial charge in [0.25, 0.3) is 0 Å². The largest absolute Gasteiger partial charge is 0.431 e. The summed E-state index contributed by atoms with van der Waals surface area (Å²) < 4.78 is 4.85. The lowest BCUT2D eigenvalue weighted by atomic mass is 9.97. The van der Waals surface area contributed by atoms with Crippen LogP contribution in [0.5, 0.6) is 0 Å². The molecule has 0 radical (unpaired) electrons. The molecule has 1 atom stereocenters. The molecule has 0 bridgehead atoms. The van der Waals surface area contributed by atoms with E-state index in [9.17, 15) is 4.79 Å². The molecule has 2 heteroatoms. The Labute approximate surface area is 103 Å². The Balaban J connectivity index is 0.00000128. The highest BCUT2D eigenvalue weighted by atomic mass is 16.4. The molecule has 1 unspecified atom stereocenters. The second kappa shape index (κ2) is 6.24. The topological polar surface area (TPSA) is 30.2 Å². The van der Waals surface area contributed by atoms with E-state index in [0.717, 1.165) is 11.8 Å². The van der Waals surface area contributed by atoms with Gasteiger partial charge in [0.2, 0.25) is 0 Å². The zero-order valence-corrected chi connectivity index (χ0v) is 8.99. The van der Waals surface area contributed by atoms with Gasteiger partial charge in [-0.15, -0.1) is 0 Å². The van der Waals surface area contributed by atoms with E-state index in [-0.39, 0.29) is 20.5 Å². The van der Waals surface area contributed by atoms with Crippen LogP contribution in [0.25, 0.3) is 10.8 Å². The summed E-state index contributed by atoms with van der Waals surface area (Å²) in [5.74, 6) is 0.481. The molecule has 0 N–H and O–H groups in total. The van der Waals surface area contributed by atoms with E-state index < -0.39 is 0 Å².